The standard InChI is InChI=1S/C13H22FN3O/c1-4-18-13-9-12(11(15)8-10(13)14)17(3)7-5-6-16-2/h8-9,16H,4-7,15H2,1-3H3. The first kappa shape index (κ1) is 14.6. The minimum Gasteiger partial charge on any atom is -0.491 e. The van der Waals surface area contributed by atoms with Crippen LogP contribution in [0.2, 0.25) is 0 Å². The lowest BCUT2D eigenvalue weighted by Gasteiger charge is -2.22. The molecule has 0 unspecified atom stereocenters. The van der Waals surface area contributed by atoms with Crippen LogP contribution in [0.3, 0.4) is 0 Å². The van der Waals surface area contributed by atoms with Gasteiger partial charge in [0, 0.05) is 25.7 Å². The molecule has 1 aromatic carbocycles. The zero-order chi connectivity index (χ0) is 13.5. The molecular formula is C13H22FN3O. The molecule has 0 radical (unpaired) electrons. The fourth-order valence-corrected chi connectivity index (χ4v) is 1.77. The van der Waals surface area contributed by atoms with E-state index in [1.165, 1.54) is 6.07 Å². The predicted molar refractivity (Wildman–Crippen MR) is 73.8 cm³/mol. The average molecular weight is 255 g/mol. The molecule has 0 amide bonds. The van der Waals surface area contributed by atoms with Gasteiger partial charge in [0.05, 0.1) is 18.0 Å². The van der Waals surface area contributed by atoms with Gasteiger partial charge in [0.1, 0.15) is 0 Å². The van der Waals surface area contributed by atoms with Crippen LogP contribution in [-0.4, -0.2) is 33.8 Å². The summed E-state index contributed by atoms with van der Waals surface area (Å²) in [7, 11) is 3.86. The molecule has 0 heterocycles. The molecule has 0 aliphatic carbocycles. The van der Waals surface area contributed by atoms with Crippen LogP contribution in [0.4, 0.5) is 15.8 Å². The Labute approximate surface area is 108 Å². The number of benzene rings is 1. The second kappa shape index (κ2) is 7.06. The molecule has 3 N–H and O–H groups in total. The number of nitrogens with two attached hydrogens (primary N) is 1. The second-order valence-corrected chi connectivity index (χ2v) is 4.15. The lowest BCUT2D eigenvalue weighted by atomic mass is 10.2. The maximum Gasteiger partial charge on any atom is 0.167 e. The summed E-state index contributed by atoms with van der Waals surface area (Å²) in [6.07, 6.45) is 0.994. The Morgan fingerprint density at radius 2 is 2.17 bits per heavy atom. The number of nitrogens with one attached hydrogen (secondary N) is 1. The van der Waals surface area contributed by atoms with Crippen LogP contribution in [0, 0.1) is 5.82 Å². The van der Waals surface area contributed by atoms with E-state index in [0.717, 1.165) is 25.2 Å². The van der Waals surface area contributed by atoms with Gasteiger partial charge in [-0.25, -0.2) is 4.39 Å². The van der Waals surface area contributed by atoms with Gasteiger partial charge in [-0.15, -0.1) is 0 Å². The summed E-state index contributed by atoms with van der Waals surface area (Å²) in [5.74, 6) is -0.163. The normalized spacial score (nSPS) is 10.4. The minimum atomic E-state index is -0.415. The molecule has 0 saturated carbocycles. The molecule has 102 valence electrons. The number of hydrogen-bond donors (Lipinski definition) is 2. The number of hydrogen-bond acceptors (Lipinski definition) is 4. The van der Waals surface area contributed by atoms with E-state index in [4.69, 9.17) is 10.5 Å². The van der Waals surface area contributed by atoms with Crippen LogP contribution in [0.25, 0.3) is 0 Å². The van der Waals surface area contributed by atoms with Gasteiger partial charge in [-0.2, -0.15) is 0 Å². The van der Waals surface area contributed by atoms with E-state index >= 15 is 0 Å². The second-order valence-electron chi connectivity index (χ2n) is 4.15. The monoisotopic (exact) mass is 255 g/mol. The van der Waals surface area contributed by atoms with Crippen molar-refractivity contribution in [3.8, 4) is 5.75 Å². The summed E-state index contributed by atoms with van der Waals surface area (Å²) in [5, 5.41) is 3.09. The number of nitrogens with zero attached hydrogens (tertiary/aromatic N) is 1. The van der Waals surface area contributed by atoms with Crippen molar-refractivity contribution >= 4 is 11.4 Å². The number of nitrogen functional groups attached to an aromatic ring is 1. The first-order valence-corrected chi connectivity index (χ1v) is 6.17. The van der Waals surface area contributed by atoms with E-state index in [1.54, 1.807) is 6.07 Å². The largest absolute Gasteiger partial charge is 0.491 e. The lowest BCUT2D eigenvalue weighted by Crippen LogP contribution is -2.23. The summed E-state index contributed by atoms with van der Waals surface area (Å²) in [6, 6.07) is 2.97. The van der Waals surface area contributed by atoms with E-state index in [2.05, 4.69) is 5.32 Å². The fourth-order valence-electron chi connectivity index (χ4n) is 1.77. The van der Waals surface area contributed by atoms with Crippen LogP contribution in [0.1, 0.15) is 13.3 Å². The van der Waals surface area contributed by atoms with Crippen molar-refractivity contribution in [3.63, 3.8) is 0 Å². The maximum absolute atomic E-state index is 13.6. The predicted octanol–water partition coefficient (Wildman–Crippen LogP) is 1.85. The first-order valence-electron chi connectivity index (χ1n) is 6.17. The Morgan fingerprint density at radius 1 is 1.44 bits per heavy atom. The molecule has 1 aromatic rings. The Balaban J connectivity index is 2.83. The Morgan fingerprint density at radius 3 is 2.78 bits per heavy atom. The van der Waals surface area contributed by atoms with E-state index in [9.17, 15) is 4.39 Å². The first-order chi connectivity index (χ1) is 8.60. The third-order valence-electron chi connectivity index (χ3n) is 2.71. The van der Waals surface area contributed by atoms with Crippen molar-refractivity contribution in [3.05, 3.63) is 17.9 Å². The molecule has 0 saturated heterocycles. The van der Waals surface area contributed by atoms with Gasteiger partial charge >= 0.3 is 0 Å². The zero-order valence-corrected chi connectivity index (χ0v) is 11.3. The van der Waals surface area contributed by atoms with Gasteiger partial charge in [0.15, 0.2) is 11.6 Å². The number of ether oxygens (including phenoxy) is 1. The molecule has 0 fully saturated rings. The zero-order valence-electron chi connectivity index (χ0n) is 11.3. The molecule has 0 atom stereocenters. The maximum atomic E-state index is 13.6. The van der Waals surface area contributed by atoms with Gasteiger partial charge in [-0.05, 0) is 26.9 Å². The third-order valence-corrected chi connectivity index (χ3v) is 2.71. The summed E-state index contributed by atoms with van der Waals surface area (Å²) in [5.41, 5.74) is 7.07. The number of halogens is 1. The molecule has 0 bridgehead atoms. The van der Waals surface area contributed by atoms with Gasteiger partial charge in [-0.1, -0.05) is 0 Å². The van der Waals surface area contributed by atoms with E-state index < -0.39 is 5.82 Å². The Bertz CT molecular complexity index is 385. The molecular weight excluding hydrogens is 233 g/mol. The molecule has 18 heavy (non-hydrogen) atoms. The average Bonchev–Trinajstić information content (AvgIpc) is 2.33. The van der Waals surface area contributed by atoms with Crippen molar-refractivity contribution < 1.29 is 9.13 Å². The summed E-state index contributed by atoms with van der Waals surface area (Å²) < 4.78 is 18.8. The van der Waals surface area contributed by atoms with Gasteiger partial charge < -0.3 is 20.7 Å². The van der Waals surface area contributed by atoms with Crippen molar-refractivity contribution in [2.24, 2.45) is 0 Å². The van der Waals surface area contributed by atoms with Crippen LogP contribution >= 0.6 is 0 Å². The topological polar surface area (TPSA) is 50.5 Å². The SMILES string of the molecule is CCOc1cc(N(C)CCCNC)c(N)cc1F. The van der Waals surface area contributed by atoms with Gasteiger partial charge in [-0.3, -0.25) is 0 Å². The molecule has 0 aliphatic heterocycles. The Hall–Kier alpha value is -1.49. The number of rotatable bonds is 7. The van der Waals surface area contributed by atoms with Crippen molar-refractivity contribution in [1.82, 2.24) is 5.32 Å². The highest BCUT2D eigenvalue weighted by molar-refractivity contribution is 5.69. The highest BCUT2D eigenvalue weighted by Gasteiger charge is 2.11. The van der Waals surface area contributed by atoms with Crippen LogP contribution in [-0.2, 0) is 0 Å². The molecule has 0 aromatic heterocycles. The van der Waals surface area contributed by atoms with Crippen molar-refractivity contribution in [2.45, 2.75) is 13.3 Å². The van der Waals surface area contributed by atoms with Crippen LogP contribution in [0.5, 0.6) is 5.75 Å². The van der Waals surface area contributed by atoms with Gasteiger partial charge in [0.2, 0.25) is 0 Å². The minimum absolute atomic E-state index is 0.252. The van der Waals surface area contributed by atoms with Crippen LogP contribution in [0.15, 0.2) is 12.1 Å². The molecule has 0 spiro atoms. The molecule has 1 rings (SSSR count). The van der Waals surface area contributed by atoms with E-state index in [-0.39, 0.29) is 5.75 Å². The summed E-state index contributed by atoms with van der Waals surface area (Å²) in [6.45, 7) is 4.04. The molecule has 5 heteroatoms. The highest BCUT2D eigenvalue weighted by Crippen LogP contribution is 2.30. The van der Waals surface area contributed by atoms with Crippen LogP contribution < -0.4 is 20.7 Å². The highest BCUT2D eigenvalue weighted by atomic mass is 19.1. The van der Waals surface area contributed by atoms with Gasteiger partial charge in [0.25, 0.3) is 0 Å². The van der Waals surface area contributed by atoms with E-state index in [0.29, 0.717) is 12.3 Å². The Kier molecular flexibility index (Phi) is 5.71. The quantitative estimate of drug-likeness (QED) is 0.577. The number of anilines is 2. The molecule has 0 aliphatic rings. The third kappa shape index (κ3) is 3.77. The van der Waals surface area contributed by atoms with Crippen molar-refractivity contribution in [1.29, 1.82) is 0 Å². The van der Waals surface area contributed by atoms with Crippen molar-refractivity contribution in [2.75, 3.05) is 44.4 Å². The summed E-state index contributed by atoms with van der Waals surface area (Å²) in [4.78, 5) is 2.01. The molecule has 4 nitrogen and oxygen atoms in total. The lowest BCUT2D eigenvalue weighted by molar-refractivity contribution is 0.322. The fraction of sp³-hybridized carbons (Fsp3) is 0.538. The summed E-state index contributed by atoms with van der Waals surface area (Å²) >= 11 is 0. The smallest absolute Gasteiger partial charge is 0.167 e. The van der Waals surface area contributed by atoms with E-state index in [1.807, 2.05) is 25.9 Å².